The molecule has 0 aromatic carbocycles. The van der Waals surface area contributed by atoms with Crippen LogP contribution in [0.5, 0.6) is 0 Å². The van der Waals surface area contributed by atoms with Crippen LogP contribution in [0, 0.1) is 0 Å². The first kappa shape index (κ1) is 12.0. The molecule has 1 aromatic heterocycles. The number of hydrogen-bond acceptors (Lipinski definition) is 3. The first-order valence-electron chi connectivity index (χ1n) is 4.57. The summed E-state index contributed by atoms with van der Waals surface area (Å²) in [5, 5.41) is 8.73. The molecule has 0 unspecified atom stereocenters. The van der Waals surface area contributed by atoms with Gasteiger partial charge in [-0.15, -0.1) is 0 Å². The van der Waals surface area contributed by atoms with Crippen LogP contribution < -0.4 is 5.56 Å². The molecule has 0 aliphatic carbocycles. The Bertz CT molecular complexity index is 476. The number of aromatic amines is 1. The zero-order valence-corrected chi connectivity index (χ0v) is 8.98. The third-order valence-electron chi connectivity index (χ3n) is 1.99. The Balaban J connectivity index is 3.02. The van der Waals surface area contributed by atoms with E-state index in [9.17, 15) is 14.4 Å². The number of nitrogens with zero attached hydrogens (tertiary/aromatic N) is 1. The van der Waals surface area contributed by atoms with Gasteiger partial charge in [0.2, 0.25) is 11.5 Å². The van der Waals surface area contributed by atoms with Gasteiger partial charge in [0.15, 0.2) is 0 Å². The lowest BCUT2D eigenvalue weighted by Gasteiger charge is -2.09. The molecular weight excluding hydrogens is 212 g/mol. The van der Waals surface area contributed by atoms with Gasteiger partial charge in [-0.05, 0) is 6.07 Å². The van der Waals surface area contributed by atoms with E-state index in [4.69, 9.17) is 5.11 Å². The molecule has 1 rings (SSSR count). The first-order chi connectivity index (χ1) is 7.40. The van der Waals surface area contributed by atoms with Crippen molar-refractivity contribution >= 4 is 11.9 Å². The largest absolute Gasteiger partial charge is 0.478 e. The fraction of sp³-hybridized carbons (Fsp3) is 0.300. The van der Waals surface area contributed by atoms with Crippen molar-refractivity contribution < 1.29 is 14.7 Å². The number of likely N-dealkylation sites (N-methyl/N-ethyl adjacent to an activating group) is 1. The lowest BCUT2D eigenvalue weighted by atomic mass is 10.2. The fourth-order valence-corrected chi connectivity index (χ4v) is 1.14. The highest BCUT2D eigenvalue weighted by Gasteiger charge is 2.10. The van der Waals surface area contributed by atoms with Crippen molar-refractivity contribution in [2.24, 2.45) is 0 Å². The molecule has 0 aliphatic rings. The summed E-state index contributed by atoms with van der Waals surface area (Å²) < 4.78 is 0. The molecule has 0 radical (unpaired) electrons. The molecule has 0 aliphatic heterocycles. The molecule has 16 heavy (non-hydrogen) atoms. The minimum absolute atomic E-state index is 0.0244. The van der Waals surface area contributed by atoms with Gasteiger partial charge in [-0.3, -0.25) is 9.59 Å². The molecule has 0 atom stereocenters. The number of amides is 1. The van der Waals surface area contributed by atoms with Gasteiger partial charge < -0.3 is 15.0 Å². The number of pyridine rings is 1. The molecule has 1 heterocycles. The molecule has 1 aromatic rings. The molecular formula is C10H12N2O4. The Morgan fingerprint density at radius 2 is 2.00 bits per heavy atom. The standard InChI is InChI=1S/C10H12N2O4/c1-12(2)9(14)5-7-3-6(10(15)16)4-8(13)11-7/h3-4H,5H2,1-2H3,(H,11,13)(H,15,16). The Labute approximate surface area is 91.5 Å². The van der Waals surface area contributed by atoms with E-state index in [1.165, 1.54) is 11.0 Å². The summed E-state index contributed by atoms with van der Waals surface area (Å²) in [4.78, 5) is 36.9. The molecule has 0 saturated carbocycles. The number of aromatic nitrogens is 1. The number of H-pyrrole nitrogens is 1. The molecule has 2 N–H and O–H groups in total. The summed E-state index contributed by atoms with van der Waals surface area (Å²) in [5.74, 6) is -1.40. The topological polar surface area (TPSA) is 90.5 Å². The highest BCUT2D eigenvalue weighted by atomic mass is 16.4. The Morgan fingerprint density at radius 3 is 2.50 bits per heavy atom. The van der Waals surface area contributed by atoms with E-state index in [-0.39, 0.29) is 17.9 Å². The van der Waals surface area contributed by atoms with Gasteiger partial charge in [0, 0.05) is 25.9 Å². The third kappa shape index (κ3) is 2.94. The molecule has 0 fully saturated rings. The number of carbonyl (C=O) groups is 2. The van der Waals surface area contributed by atoms with Gasteiger partial charge in [0.1, 0.15) is 0 Å². The number of carbonyl (C=O) groups excluding carboxylic acids is 1. The lowest BCUT2D eigenvalue weighted by Crippen LogP contribution is -2.25. The van der Waals surface area contributed by atoms with Crippen LogP contribution in [0.1, 0.15) is 16.1 Å². The van der Waals surface area contributed by atoms with Crippen molar-refractivity contribution in [3.63, 3.8) is 0 Å². The zero-order valence-electron chi connectivity index (χ0n) is 8.98. The summed E-state index contributed by atoms with van der Waals surface area (Å²) >= 11 is 0. The third-order valence-corrected chi connectivity index (χ3v) is 1.99. The van der Waals surface area contributed by atoms with Gasteiger partial charge >= 0.3 is 5.97 Å². The van der Waals surface area contributed by atoms with Gasteiger partial charge in [0.25, 0.3) is 0 Å². The second kappa shape index (κ2) is 4.61. The molecule has 0 bridgehead atoms. The number of carboxylic acid groups (broad SMARTS) is 1. The maximum Gasteiger partial charge on any atom is 0.335 e. The number of aromatic carboxylic acids is 1. The molecule has 0 saturated heterocycles. The maximum absolute atomic E-state index is 11.4. The van der Waals surface area contributed by atoms with E-state index < -0.39 is 11.5 Å². The Morgan fingerprint density at radius 1 is 1.38 bits per heavy atom. The Hall–Kier alpha value is -2.11. The molecule has 0 spiro atoms. The zero-order chi connectivity index (χ0) is 12.3. The fourth-order valence-electron chi connectivity index (χ4n) is 1.14. The van der Waals surface area contributed by atoms with Crippen LogP contribution in [-0.2, 0) is 11.2 Å². The summed E-state index contributed by atoms with van der Waals surface area (Å²) in [6, 6.07) is 2.26. The number of hydrogen-bond donors (Lipinski definition) is 2. The highest BCUT2D eigenvalue weighted by molar-refractivity contribution is 5.88. The van der Waals surface area contributed by atoms with Gasteiger partial charge in [-0.2, -0.15) is 0 Å². The van der Waals surface area contributed by atoms with Crippen LogP contribution in [0.25, 0.3) is 0 Å². The van der Waals surface area contributed by atoms with Crippen molar-refractivity contribution in [2.75, 3.05) is 14.1 Å². The van der Waals surface area contributed by atoms with E-state index in [0.29, 0.717) is 5.69 Å². The summed E-state index contributed by atoms with van der Waals surface area (Å²) in [7, 11) is 3.17. The van der Waals surface area contributed by atoms with Crippen molar-refractivity contribution in [1.82, 2.24) is 9.88 Å². The second-order valence-electron chi connectivity index (χ2n) is 3.53. The minimum Gasteiger partial charge on any atom is -0.478 e. The van der Waals surface area contributed by atoms with Crippen molar-refractivity contribution in [1.29, 1.82) is 0 Å². The van der Waals surface area contributed by atoms with Gasteiger partial charge in [-0.25, -0.2) is 4.79 Å². The van der Waals surface area contributed by atoms with Crippen molar-refractivity contribution in [2.45, 2.75) is 6.42 Å². The molecule has 1 amide bonds. The molecule has 6 nitrogen and oxygen atoms in total. The monoisotopic (exact) mass is 224 g/mol. The lowest BCUT2D eigenvalue weighted by molar-refractivity contribution is -0.128. The van der Waals surface area contributed by atoms with Crippen molar-refractivity contribution in [3.05, 3.63) is 33.7 Å². The predicted octanol–water partition coefficient (Wildman–Crippen LogP) is -0.296. The predicted molar refractivity (Wildman–Crippen MR) is 56.4 cm³/mol. The van der Waals surface area contributed by atoms with Crippen LogP contribution in [-0.4, -0.2) is 41.0 Å². The quantitative estimate of drug-likeness (QED) is 0.737. The number of rotatable bonds is 3. The minimum atomic E-state index is -1.19. The van der Waals surface area contributed by atoms with Crippen LogP contribution >= 0.6 is 0 Å². The van der Waals surface area contributed by atoms with E-state index in [0.717, 1.165) is 6.07 Å². The first-order valence-corrected chi connectivity index (χ1v) is 4.57. The van der Waals surface area contributed by atoms with E-state index in [2.05, 4.69) is 4.98 Å². The van der Waals surface area contributed by atoms with E-state index >= 15 is 0 Å². The smallest absolute Gasteiger partial charge is 0.335 e. The summed E-state index contributed by atoms with van der Waals surface area (Å²) in [5.41, 5.74) is -0.352. The van der Waals surface area contributed by atoms with Crippen LogP contribution in [0.15, 0.2) is 16.9 Å². The Kier molecular flexibility index (Phi) is 3.44. The van der Waals surface area contributed by atoms with Crippen LogP contribution in [0.4, 0.5) is 0 Å². The average Bonchev–Trinajstić information content (AvgIpc) is 2.16. The highest BCUT2D eigenvalue weighted by Crippen LogP contribution is 2.01. The normalized spacial score (nSPS) is 9.88. The number of nitrogens with one attached hydrogen (secondary N) is 1. The van der Waals surface area contributed by atoms with E-state index in [1.807, 2.05) is 0 Å². The van der Waals surface area contributed by atoms with Crippen LogP contribution in [0.3, 0.4) is 0 Å². The summed E-state index contributed by atoms with van der Waals surface area (Å²) in [6.45, 7) is 0. The maximum atomic E-state index is 11.4. The van der Waals surface area contributed by atoms with Gasteiger partial charge in [-0.1, -0.05) is 0 Å². The molecule has 86 valence electrons. The number of carboxylic acids is 1. The molecule has 6 heteroatoms. The SMILES string of the molecule is CN(C)C(=O)Cc1cc(C(=O)O)cc(=O)[nH]1. The van der Waals surface area contributed by atoms with E-state index in [1.54, 1.807) is 14.1 Å². The second-order valence-corrected chi connectivity index (χ2v) is 3.53. The average molecular weight is 224 g/mol. The summed E-state index contributed by atoms with van der Waals surface area (Å²) in [6.07, 6.45) is -0.0244. The van der Waals surface area contributed by atoms with Crippen molar-refractivity contribution in [3.8, 4) is 0 Å². The van der Waals surface area contributed by atoms with Gasteiger partial charge in [0.05, 0.1) is 12.0 Å². The van der Waals surface area contributed by atoms with Crippen LogP contribution in [0.2, 0.25) is 0 Å².